The molecule has 0 radical (unpaired) electrons. The van der Waals surface area contributed by atoms with Crippen LogP contribution in [0.4, 0.5) is 10.5 Å². The third-order valence-corrected chi connectivity index (χ3v) is 6.18. The number of sulfonamides is 1. The molecule has 0 spiro atoms. The molecule has 142 valence electrons. The summed E-state index contributed by atoms with van der Waals surface area (Å²) in [7, 11) is -0.0787. The minimum absolute atomic E-state index is 0.260. The van der Waals surface area contributed by atoms with Crippen molar-refractivity contribution in [2.24, 2.45) is 0 Å². The van der Waals surface area contributed by atoms with Crippen molar-refractivity contribution in [1.82, 2.24) is 9.62 Å². The van der Waals surface area contributed by atoms with Gasteiger partial charge < -0.3 is 10.2 Å². The molecule has 0 bridgehead atoms. The molecule has 2 N–H and O–H groups in total. The van der Waals surface area contributed by atoms with E-state index in [9.17, 15) is 13.2 Å². The Balaban J connectivity index is 1.72. The first kappa shape index (κ1) is 18.9. The Morgan fingerprint density at radius 1 is 1.12 bits per heavy atom. The van der Waals surface area contributed by atoms with Crippen molar-refractivity contribution in [3.05, 3.63) is 40.5 Å². The number of carbonyl (C=O) groups is 1. The van der Waals surface area contributed by atoms with E-state index in [1.165, 1.54) is 22.3 Å². The van der Waals surface area contributed by atoms with E-state index in [1.54, 1.807) is 0 Å². The Kier molecular flexibility index (Phi) is 5.39. The molecule has 0 aliphatic heterocycles. The van der Waals surface area contributed by atoms with Gasteiger partial charge in [-0.2, -0.15) is 0 Å². The summed E-state index contributed by atoms with van der Waals surface area (Å²) in [6, 6.07) is 1.59. The van der Waals surface area contributed by atoms with Crippen molar-refractivity contribution in [1.29, 1.82) is 0 Å². The van der Waals surface area contributed by atoms with Crippen LogP contribution in [0.5, 0.6) is 0 Å². The van der Waals surface area contributed by atoms with Crippen molar-refractivity contribution in [2.75, 3.05) is 31.7 Å². The zero-order chi connectivity index (χ0) is 18.9. The quantitative estimate of drug-likeness (QED) is 0.745. The number of nitrogens with one attached hydrogen (secondary N) is 2. The molecule has 26 heavy (non-hydrogen) atoms. The Labute approximate surface area is 155 Å². The van der Waals surface area contributed by atoms with E-state index in [0.717, 1.165) is 44.2 Å². The van der Waals surface area contributed by atoms with Gasteiger partial charge in [-0.05, 0) is 80.4 Å². The smallest absolute Gasteiger partial charge is 0.307 e. The maximum Gasteiger partial charge on any atom is 0.332 e. The van der Waals surface area contributed by atoms with Gasteiger partial charge in [-0.3, -0.25) is 0 Å². The summed E-state index contributed by atoms with van der Waals surface area (Å²) in [5.74, 6) is -0.260. The second-order valence-corrected chi connectivity index (χ2v) is 9.26. The van der Waals surface area contributed by atoms with Crippen LogP contribution in [-0.2, 0) is 35.7 Å². The number of rotatable bonds is 6. The van der Waals surface area contributed by atoms with E-state index in [2.05, 4.69) is 22.7 Å². The van der Waals surface area contributed by atoms with Gasteiger partial charge >= 0.3 is 6.03 Å². The van der Waals surface area contributed by atoms with Crippen LogP contribution in [0.15, 0.2) is 18.2 Å². The molecule has 2 amide bonds. The highest BCUT2D eigenvalue weighted by Crippen LogP contribution is 2.38. The first-order valence-corrected chi connectivity index (χ1v) is 10.7. The molecule has 6 nitrogen and oxygen atoms in total. The van der Waals surface area contributed by atoms with E-state index < -0.39 is 16.1 Å². The highest BCUT2D eigenvalue weighted by atomic mass is 32.2. The molecule has 0 unspecified atom stereocenters. The predicted molar refractivity (Wildman–Crippen MR) is 104 cm³/mol. The molecule has 1 aromatic rings. The van der Waals surface area contributed by atoms with Gasteiger partial charge in [-0.15, -0.1) is 0 Å². The van der Waals surface area contributed by atoms with Gasteiger partial charge in [0.15, 0.2) is 0 Å². The van der Waals surface area contributed by atoms with Gasteiger partial charge in [0.25, 0.3) is 0 Å². The van der Waals surface area contributed by atoms with Crippen LogP contribution in [0.3, 0.4) is 0 Å². The number of benzene rings is 1. The number of anilines is 1. The predicted octanol–water partition coefficient (Wildman–Crippen LogP) is 2.23. The fourth-order valence-corrected chi connectivity index (χ4v) is 5.08. The van der Waals surface area contributed by atoms with Crippen LogP contribution in [0.1, 0.15) is 35.1 Å². The van der Waals surface area contributed by atoms with Gasteiger partial charge in [0.2, 0.25) is 10.0 Å². The zero-order valence-corrected chi connectivity index (χ0v) is 16.3. The highest BCUT2D eigenvalue weighted by molar-refractivity contribution is 7.90. The fraction of sp³-hybridized carbons (Fsp3) is 0.526. The summed E-state index contributed by atoms with van der Waals surface area (Å²) in [4.78, 5) is 14.2. The minimum atomic E-state index is -3.76. The Hall–Kier alpha value is -1.86. The molecule has 0 heterocycles. The number of amides is 2. The Bertz CT molecular complexity index is 812. The van der Waals surface area contributed by atoms with Crippen LogP contribution in [0, 0.1) is 0 Å². The summed E-state index contributed by atoms with van der Waals surface area (Å²) in [5.41, 5.74) is 6.32. The largest absolute Gasteiger partial charge is 0.332 e. The molecular formula is C19H27N3O3S. The second kappa shape index (κ2) is 7.40. The molecule has 2 aliphatic carbocycles. The SMILES string of the molecule is C=C(CN(C)C)CS(=O)(=O)NC(=O)Nc1c2c(cc3c1CCC3)CCC2. The van der Waals surface area contributed by atoms with Crippen molar-refractivity contribution < 1.29 is 13.2 Å². The topological polar surface area (TPSA) is 78.5 Å². The summed E-state index contributed by atoms with van der Waals surface area (Å²) < 4.78 is 26.6. The second-order valence-electron chi connectivity index (χ2n) is 7.54. The molecule has 0 fully saturated rings. The molecule has 1 aromatic carbocycles. The number of aryl methyl sites for hydroxylation is 2. The Morgan fingerprint density at radius 3 is 2.23 bits per heavy atom. The zero-order valence-electron chi connectivity index (χ0n) is 15.5. The summed E-state index contributed by atoms with van der Waals surface area (Å²) in [6.45, 7) is 4.23. The minimum Gasteiger partial charge on any atom is -0.307 e. The number of urea groups is 1. The normalized spacial score (nSPS) is 15.7. The maximum absolute atomic E-state index is 12.4. The number of nitrogens with zero attached hydrogens (tertiary/aromatic N) is 1. The molecule has 0 saturated carbocycles. The van der Waals surface area contributed by atoms with E-state index in [0.29, 0.717) is 12.1 Å². The van der Waals surface area contributed by atoms with Crippen molar-refractivity contribution in [3.8, 4) is 0 Å². The first-order chi connectivity index (χ1) is 12.2. The van der Waals surface area contributed by atoms with Gasteiger partial charge in [0, 0.05) is 12.2 Å². The van der Waals surface area contributed by atoms with Crippen LogP contribution < -0.4 is 10.0 Å². The Morgan fingerprint density at radius 2 is 1.69 bits per heavy atom. The summed E-state index contributed by atoms with van der Waals surface area (Å²) in [6.07, 6.45) is 6.09. The van der Waals surface area contributed by atoms with E-state index in [-0.39, 0.29) is 5.75 Å². The number of hydrogen-bond donors (Lipinski definition) is 2. The maximum atomic E-state index is 12.4. The van der Waals surface area contributed by atoms with E-state index in [4.69, 9.17) is 0 Å². The lowest BCUT2D eigenvalue weighted by atomic mass is 9.99. The van der Waals surface area contributed by atoms with Gasteiger partial charge in [0.05, 0.1) is 5.75 Å². The summed E-state index contributed by atoms with van der Waals surface area (Å²) in [5, 5.41) is 2.84. The van der Waals surface area contributed by atoms with Crippen molar-refractivity contribution >= 4 is 21.7 Å². The third kappa shape index (κ3) is 4.27. The van der Waals surface area contributed by atoms with Crippen LogP contribution in [0.2, 0.25) is 0 Å². The van der Waals surface area contributed by atoms with Crippen LogP contribution >= 0.6 is 0 Å². The van der Waals surface area contributed by atoms with Gasteiger partial charge in [-0.25, -0.2) is 17.9 Å². The number of carbonyl (C=O) groups excluding carboxylic acids is 1. The number of hydrogen-bond acceptors (Lipinski definition) is 4. The number of fused-ring (bicyclic) bond motifs is 2. The number of likely N-dealkylation sites (N-methyl/N-ethyl adjacent to an activating group) is 1. The van der Waals surface area contributed by atoms with Crippen LogP contribution in [0.25, 0.3) is 0 Å². The monoisotopic (exact) mass is 377 g/mol. The molecule has 7 heteroatoms. The average molecular weight is 378 g/mol. The van der Waals surface area contributed by atoms with Gasteiger partial charge in [0.1, 0.15) is 0 Å². The van der Waals surface area contributed by atoms with E-state index in [1.807, 2.05) is 19.0 Å². The average Bonchev–Trinajstić information content (AvgIpc) is 3.12. The molecule has 3 rings (SSSR count). The molecule has 2 aliphatic rings. The standard InChI is InChI=1S/C19H27N3O3S/c1-13(11-22(2)3)12-26(24,25)21-19(23)20-18-16-8-4-6-14(16)10-15-7-5-9-17(15)18/h10H,1,4-9,11-12H2,2-3H3,(H2,20,21,23). The fourth-order valence-electron chi connectivity index (χ4n) is 4.05. The lowest BCUT2D eigenvalue weighted by Gasteiger charge is -2.17. The highest BCUT2D eigenvalue weighted by Gasteiger charge is 2.26. The molecule has 0 atom stereocenters. The van der Waals surface area contributed by atoms with E-state index >= 15 is 0 Å². The first-order valence-electron chi connectivity index (χ1n) is 9.04. The van der Waals surface area contributed by atoms with Crippen molar-refractivity contribution in [3.63, 3.8) is 0 Å². The molecule has 0 saturated heterocycles. The third-order valence-electron chi connectivity index (χ3n) is 4.89. The van der Waals surface area contributed by atoms with Crippen LogP contribution in [-0.4, -0.2) is 45.7 Å². The van der Waals surface area contributed by atoms with Gasteiger partial charge in [-0.1, -0.05) is 12.6 Å². The molecule has 0 aromatic heterocycles. The summed E-state index contributed by atoms with van der Waals surface area (Å²) >= 11 is 0. The van der Waals surface area contributed by atoms with Crippen molar-refractivity contribution in [2.45, 2.75) is 38.5 Å². The lowest BCUT2D eigenvalue weighted by molar-refractivity contribution is 0.256. The lowest BCUT2D eigenvalue weighted by Crippen LogP contribution is -2.37. The molecular weight excluding hydrogens is 350 g/mol.